The Hall–Kier alpha value is -2.21. The van der Waals surface area contributed by atoms with Crippen molar-refractivity contribution in [3.05, 3.63) is 52.7 Å². The number of anilines is 2. The van der Waals surface area contributed by atoms with Gasteiger partial charge in [-0.3, -0.25) is 0 Å². The highest BCUT2D eigenvalue weighted by Gasteiger charge is 2.12. The summed E-state index contributed by atoms with van der Waals surface area (Å²) in [4.78, 5) is 15.3. The molecule has 0 fully saturated rings. The average Bonchev–Trinajstić information content (AvgIpc) is 2.42. The molecule has 0 saturated heterocycles. The number of carbonyl (C=O) groups excluding carboxylic acids is 1. The number of esters is 1. The third-order valence-corrected chi connectivity index (χ3v) is 2.74. The van der Waals surface area contributed by atoms with E-state index in [-0.39, 0.29) is 22.1 Å². The van der Waals surface area contributed by atoms with Gasteiger partial charge in [0.25, 0.3) is 0 Å². The highest BCUT2D eigenvalue weighted by molar-refractivity contribution is 6.33. The summed E-state index contributed by atoms with van der Waals surface area (Å²) in [5.74, 6) is -2.02. The molecule has 0 saturated carbocycles. The standard InChI is InChI=1S/C13H9ClF2N2O2/c1-20-13(19)7-2-3-17-11(4-7)18-12-9(14)5-8(15)6-10(12)16/h2-6H,1H3,(H,17,18). The van der Waals surface area contributed by atoms with Crippen molar-refractivity contribution in [1.29, 1.82) is 0 Å². The van der Waals surface area contributed by atoms with Gasteiger partial charge in [-0.2, -0.15) is 0 Å². The van der Waals surface area contributed by atoms with E-state index in [1.807, 2.05) is 0 Å². The second kappa shape index (κ2) is 5.83. The first-order chi connectivity index (χ1) is 9.51. The van der Waals surface area contributed by atoms with E-state index < -0.39 is 17.6 Å². The van der Waals surface area contributed by atoms with Crippen molar-refractivity contribution in [2.24, 2.45) is 0 Å². The van der Waals surface area contributed by atoms with Crippen LogP contribution in [0.2, 0.25) is 5.02 Å². The maximum Gasteiger partial charge on any atom is 0.338 e. The summed E-state index contributed by atoms with van der Waals surface area (Å²) in [6, 6.07) is 4.47. The lowest BCUT2D eigenvalue weighted by atomic mass is 10.2. The Kier molecular flexibility index (Phi) is 4.14. The zero-order chi connectivity index (χ0) is 14.7. The Bertz CT molecular complexity index is 642. The van der Waals surface area contributed by atoms with Gasteiger partial charge >= 0.3 is 5.97 Å². The van der Waals surface area contributed by atoms with Crippen LogP contribution in [0.4, 0.5) is 20.3 Å². The van der Waals surface area contributed by atoms with Gasteiger partial charge in [-0.05, 0) is 18.2 Å². The summed E-state index contributed by atoms with van der Waals surface area (Å²) >= 11 is 5.75. The molecule has 0 aliphatic heterocycles. The summed E-state index contributed by atoms with van der Waals surface area (Å²) in [6.07, 6.45) is 1.35. The molecule has 1 heterocycles. The predicted octanol–water partition coefficient (Wildman–Crippen LogP) is 3.54. The van der Waals surface area contributed by atoms with Crippen molar-refractivity contribution >= 4 is 29.1 Å². The number of nitrogens with zero attached hydrogens (tertiary/aromatic N) is 1. The molecular formula is C13H9ClF2N2O2. The second-order valence-corrected chi connectivity index (χ2v) is 4.20. The number of benzene rings is 1. The Morgan fingerprint density at radius 2 is 2.10 bits per heavy atom. The van der Waals surface area contributed by atoms with Gasteiger partial charge < -0.3 is 10.1 Å². The van der Waals surface area contributed by atoms with E-state index in [4.69, 9.17) is 11.6 Å². The molecule has 0 aliphatic carbocycles. The van der Waals surface area contributed by atoms with E-state index in [0.717, 1.165) is 6.07 Å². The first-order valence-corrected chi connectivity index (χ1v) is 5.85. The van der Waals surface area contributed by atoms with Crippen LogP contribution in [-0.2, 0) is 4.74 Å². The summed E-state index contributed by atoms with van der Waals surface area (Å²) in [5, 5.41) is 2.46. The molecule has 0 aliphatic rings. The van der Waals surface area contributed by atoms with Gasteiger partial charge in [-0.1, -0.05) is 11.6 Å². The SMILES string of the molecule is COC(=O)c1ccnc(Nc2c(F)cc(F)cc2Cl)c1. The first-order valence-electron chi connectivity index (χ1n) is 5.47. The minimum atomic E-state index is -0.861. The Morgan fingerprint density at radius 3 is 2.75 bits per heavy atom. The molecule has 104 valence electrons. The van der Waals surface area contributed by atoms with E-state index >= 15 is 0 Å². The zero-order valence-corrected chi connectivity index (χ0v) is 11.0. The number of carbonyl (C=O) groups is 1. The Labute approximate surface area is 118 Å². The van der Waals surface area contributed by atoms with Crippen LogP contribution in [0.25, 0.3) is 0 Å². The number of ether oxygens (including phenoxy) is 1. The fourth-order valence-corrected chi connectivity index (χ4v) is 1.78. The molecule has 0 spiro atoms. The van der Waals surface area contributed by atoms with Crippen LogP contribution in [0.5, 0.6) is 0 Å². The number of halogens is 3. The summed E-state index contributed by atoms with van der Waals surface area (Å²) in [6.45, 7) is 0. The van der Waals surface area contributed by atoms with E-state index in [2.05, 4.69) is 15.0 Å². The Morgan fingerprint density at radius 1 is 1.35 bits per heavy atom. The van der Waals surface area contributed by atoms with Crippen LogP contribution in [0.15, 0.2) is 30.5 Å². The number of nitrogens with one attached hydrogen (secondary N) is 1. The Balaban J connectivity index is 2.33. The van der Waals surface area contributed by atoms with Crippen molar-refractivity contribution in [2.45, 2.75) is 0 Å². The number of rotatable bonds is 3. The van der Waals surface area contributed by atoms with Crippen LogP contribution >= 0.6 is 11.6 Å². The molecule has 4 nitrogen and oxygen atoms in total. The second-order valence-electron chi connectivity index (χ2n) is 3.79. The number of pyridine rings is 1. The molecular weight excluding hydrogens is 290 g/mol. The molecule has 2 aromatic rings. The molecule has 0 amide bonds. The third-order valence-electron chi connectivity index (χ3n) is 2.44. The van der Waals surface area contributed by atoms with E-state index in [1.54, 1.807) is 0 Å². The molecule has 1 N–H and O–H groups in total. The van der Waals surface area contributed by atoms with Crippen LogP contribution in [0, 0.1) is 11.6 Å². The monoisotopic (exact) mass is 298 g/mol. The van der Waals surface area contributed by atoms with Gasteiger partial charge in [0.05, 0.1) is 23.4 Å². The summed E-state index contributed by atoms with van der Waals surface area (Å²) in [7, 11) is 1.24. The summed E-state index contributed by atoms with van der Waals surface area (Å²) in [5.41, 5.74) is 0.117. The quantitative estimate of drug-likeness (QED) is 0.881. The fraction of sp³-hybridized carbons (Fsp3) is 0.0769. The lowest BCUT2D eigenvalue weighted by Crippen LogP contribution is -2.04. The topological polar surface area (TPSA) is 51.2 Å². The van der Waals surface area contributed by atoms with Gasteiger partial charge in [0, 0.05) is 12.3 Å². The van der Waals surface area contributed by atoms with Crippen LogP contribution in [-0.4, -0.2) is 18.1 Å². The lowest BCUT2D eigenvalue weighted by Gasteiger charge is -2.09. The number of methoxy groups -OCH3 is 1. The predicted molar refractivity (Wildman–Crippen MR) is 70.2 cm³/mol. The highest BCUT2D eigenvalue weighted by atomic mass is 35.5. The molecule has 0 atom stereocenters. The molecule has 0 unspecified atom stereocenters. The van der Waals surface area contributed by atoms with Crippen molar-refractivity contribution in [1.82, 2.24) is 4.98 Å². The number of hydrogen-bond acceptors (Lipinski definition) is 4. The highest BCUT2D eigenvalue weighted by Crippen LogP contribution is 2.28. The van der Waals surface area contributed by atoms with Crippen molar-refractivity contribution in [3.63, 3.8) is 0 Å². The van der Waals surface area contributed by atoms with Crippen molar-refractivity contribution < 1.29 is 18.3 Å². The van der Waals surface area contributed by atoms with Gasteiger partial charge in [-0.15, -0.1) is 0 Å². The van der Waals surface area contributed by atoms with E-state index in [1.165, 1.54) is 25.4 Å². The number of hydrogen-bond donors (Lipinski definition) is 1. The van der Waals surface area contributed by atoms with Gasteiger partial charge in [0.2, 0.25) is 0 Å². The molecule has 20 heavy (non-hydrogen) atoms. The first kappa shape index (κ1) is 14.2. The largest absolute Gasteiger partial charge is 0.465 e. The molecule has 0 radical (unpaired) electrons. The minimum absolute atomic E-state index is 0.123. The summed E-state index contributed by atoms with van der Waals surface area (Å²) < 4.78 is 31.1. The zero-order valence-electron chi connectivity index (χ0n) is 10.3. The lowest BCUT2D eigenvalue weighted by molar-refractivity contribution is 0.0600. The number of aromatic nitrogens is 1. The molecule has 1 aromatic carbocycles. The minimum Gasteiger partial charge on any atom is -0.465 e. The maximum atomic E-state index is 13.6. The molecule has 0 bridgehead atoms. The van der Waals surface area contributed by atoms with Crippen molar-refractivity contribution in [3.8, 4) is 0 Å². The van der Waals surface area contributed by atoms with E-state index in [0.29, 0.717) is 6.07 Å². The van der Waals surface area contributed by atoms with Gasteiger partial charge in [0.1, 0.15) is 11.6 Å². The fourth-order valence-electron chi connectivity index (χ4n) is 1.53. The molecule has 2 rings (SSSR count). The third kappa shape index (κ3) is 3.03. The average molecular weight is 299 g/mol. The van der Waals surface area contributed by atoms with Crippen LogP contribution in [0.3, 0.4) is 0 Å². The van der Waals surface area contributed by atoms with Crippen LogP contribution < -0.4 is 5.32 Å². The van der Waals surface area contributed by atoms with Gasteiger partial charge in [0.15, 0.2) is 5.82 Å². The van der Waals surface area contributed by atoms with Crippen molar-refractivity contribution in [2.75, 3.05) is 12.4 Å². The molecule has 1 aromatic heterocycles. The normalized spacial score (nSPS) is 10.2. The maximum absolute atomic E-state index is 13.6. The van der Waals surface area contributed by atoms with E-state index in [9.17, 15) is 13.6 Å². The smallest absolute Gasteiger partial charge is 0.338 e. The molecule has 7 heteroatoms. The van der Waals surface area contributed by atoms with Crippen LogP contribution in [0.1, 0.15) is 10.4 Å². The van der Waals surface area contributed by atoms with Gasteiger partial charge in [-0.25, -0.2) is 18.6 Å².